The fraction of sp³-hybridized carbons (Fsp3) is 0.556. The highest BCUT2D eigenvalue weighted by Crippen LogP contribution is 2.43. The van der Waals surface area contributed by atoms with Gasteiger partial charge in [-0.15, -0.1) is 5.10 Å². The minimum Gasteiger partial charge on any atom is -0.354 e. The summed E-state index contributed by atoms with van der Waals surface area (Å²) in [6, 6.07) is 8.88. The Bertz CT molecular complexity index is 1120. The van der Waals surface area contributed by atoms with Crippen LogP contribution < -0.4 is 10.6 Å². The Morgan fingerprint density at radius 1 is 1.14 bits per heavy atom. The van der Waals surface area contributed by atoms with Crippen molar-refractivity contribution in [1.29, 1.82) is 0 Å². The average molecular weight is 482 g/mol. The van der Waals surface area contributed by atoms with Crippen molar-refractivity contribution in [2.45, 2.75) is 83.0 Å². The summed E-state index contributed by atoms with van der Waals surface area (Å²) in [7, 11) is 0. The number of fused-ring (bicyclic) bond motifs is 1. The number of rotatable bonds is 9. The van der Waals surface area contributed by atoms with Gasteiger partial charge in [-0.1, -0.05) is 26.2 Å². The maximum atomic E-state index is 13.4. The van der Waals surface area contributed by atoms with Crippen LogP contribution in [-0.4, -0.2) is 39.6 Å². The topological polar surface area (TPSA) is 72.7 Å². The lowest BCUT2D eigenvalue weighted by atomic mass is 9.83. The predicted molar refractivity (Wildman–Crippen MR) is 136 cm³/mol. The number of unbranched alkanes of at least 4 members (excludes halogenated alkanes) is 2. The van der Waals surface area contributed by atoms with Crippen molar-refractivity contribution in [1.82, 2.24) is 14.6 Å². The van der Waals surface area contributed by atoms with Gasteiger partial charge in [0.05, 0.1) is 25.1 Å². The van der Waals surface area contributed by atoms with Gasteiger partial charge in [-0.25, -0.2) is 13.9 Å². The normalized spacial score (nSPS) is 18.8. The predicted octanol–water partition coefficient (Wildman–Crippen LogP) is 6.39. The highest BCUT2D eigenvalue weighted by atomic mass is 19.1. The monoisotopic (exact) mass is 481 g/mol. The molecule has 2 fully saturated rings. The van der Waals surface area contributed by atoms with Crippen LogP contribution in [-0.2, 0) is 9.47 Å². The van der Waals surface area contributed by atoms with E-state index in [4.69, 9.17) is 14.6 Å². The van der Waals surface area contributed by atoms with Gasteiger partial charge in [0.2, 0.25) is 5.95 Å². The van der Waals surface area contributed by atoms with Crippen LogP contribution in [0.5, 0.6) is 0 Å². The molecule has 7 nitrogen and oxygen atoms in total. The van der Waals surface area contributed by atoms with Gasteiger partial charge in [-0.05, 0) is 56.5 Å². The molecule has 3 heterocycles. The third-order valence-electron chi connectivity index (χ3n) is 7.26. The van der Waals surface area contributed by atoms with Crippen molar-refractivity contribution in [2.75, 3.05) is 23.8 Å². The standard InChI is InChI=1S/C27H36FN5O2/c1-3-4-5-6-19(2)30-26-29-18-25-23(31-22-9-7-21(28)8-10-22)17-24(33(25)32-26)20-11-13-27(14-12-20)34-15-16-35-27/h7-10,17-20,31H,3-6,11-16H2,1-2H3,(H,30,32). The quantitative estimate of drug-likeness (QED) is 0.345. The van der Waals surface area contributed by atoms with E-state index in [9.17, 15) is 4.39 Å². The lowest BCUT2D eigenvalue weighted by Gasteiger charge is -2.35. The van der Waals surface area contributed by atoms with Gasteiger partial charge in [0.25, 0.3) is 0 Å². The second-order valence-corrected chi connectivity index (χ2v) is 9.92. The largest absolute Gasteiger partial charge is 0.354 e. The molecular weight excluding hydrogens is 445 g/mol. The van der Waals surface area contributed by atoms with E-state index in [-0.39, 0.29) is 5.82 Å². The second kappa shape index (κ2) is 10.5. The van der Waals surface area contributed by atoms with E-state index in [1.165, 1.54) is 31.4 Å². The summed E-state index contributed by atoms with van der Waals surface area (Å²) in [6.45, 7) is 5.77. The van der Waals surface area contributed by atoms with Gasteiger partial charge in [0, 0.05) is 36.2 Å². The van der Waals surface area contributed by atoms with Crippen LogP contribution in [0.15, 0.2) is 36.5 Å². The van der Waals surface area contributed by atoms with E-state index < -0.39 is 5.79 Å². The fourth-order valence-corrected chi connectivity index (χ4v) is 5.29. The van der Waals surface area contributed by atoms with E-state index in [0.717, 1.165) is 54.7 Å². The van der Waals surface area contributed by atoms with Gasteiger partial charge < -0.3 is 20.1 Å². The number of aromatic nitrogens is 3. The molecule has 1 saturated heterocycles. The first-order chi connectivity index (χ1) is 17.0. The molecule has 1 spiro atoms. The Balaban J connectivity index is 1.41. The highest BCUT2D eigenvalue weighted by Gasteiger charge is 2.41. The van der Waals surface area contributed by atoms with Crippen LogP contribution in [0, 0.1) is 5.82 Å². The summed E-state index contributed by atoms with van der Waals surface area (Å²) in [5.74, 6) is 0.336. The summed E-state index contributed by atoms with van der Waals surface area (Å²) in [5, 5.41) is 11.8. The van der Waals surface area contributed by atoms with E-state index >= 15 is 0 Å². The number of anilines is 3. The van der Waals surface area contributed by atoms with E-state index in [1.54, 1.807) is 12.1 Å². The Hall–Kier alpha value is -2.71. The maximum Gasteiger partial charge on any atom is 0.241 e. The van der Waals surface area contributed by atoms with Gasteiger partial charge in [-0.3, -0.25) is 0 Å². The van der Waals surface area contributed by atoms with Crippen LogP contribution >= 0.6 is 0 Å². The van der Waals surface area contributed by atoms with Crippen LogP contribution in [0.2, 0.25) is 0 Å². The summed E-state index contributed by atoms with van der Waals surface area (Å²) in [4.78, 5) is 4.62. The third kappa shape index (κ3) is 5.43. The molecule has 1 atom stereocenters. The Morgan fingerprint density at radius 3 is 2.60 bits per heavy atom. The zero-order valence-corrected chi connectivity index (χ0v) is 20.7. The molecule has 3 aromatic rings. The summed E-state index contributed by atoms with van der Waals surface area (Å²) in [6.07, 6.45) is 10.3. The molecule has 1 aliphatic carbocycles. The number of halogens is 1. The molecule has 1 aromatic carbocycles. The molecule has 0 bridgehead atoms. The summed E-state index contributed by atoms with van der Waals surface area (Å²) < 4.78 is 27.3. The second-order valence-electron chi connectivity index (χ2n) is 9.92. The maximum absolute atomic E-state index is 13.4. The van der Waals surface area contributed by atoms with E-state index in [2.05, 4.69) is 35.5 Å². The van der Waals surface area contributed by atoms with Crippen LogP contribution in [0.1, 0.15) is 76.8 Å². The molecule has 2 aromatic heterocycles. The number of nitrogens with zero attached hydrogens (tertiary/aromatic N) is 3. The van der Waals surface area contributed by atoms with Gasteiger partial charge in [0.1, 0.15) is 11.3 Å². The molecule has 0 amide bonds. The smallest absolute Gasteiger partial charge is 0.241 e. The molecule has 35 heavy (non-hydrogen) atoms. The van der Waals surface area contributed by atoms with Crippen LogP contribution in [0.4, 0.5) is 21.7 Å². The summed E-state index contributed by atoms with van der Waals surface area (Å²) >= 11 is 0. The Labute approximate surface area is 206 Å². The molecule has 1 saturated carbocycles. The minimum absolute atomic E-state index is 0.252. The minimum atomic E-state index is -0.394. The Kier molecular flexibility index (Phi) is 7.20. The molecule has 2 N–H and O–H groups in total. The first kappa shape index (κ1) is 24.0. The van der Waals surface area contributed by atoms with Crippen molar-refractivity contribution in [2.24, 2.45) is 0 Å². The molecule has 2 aliphatic rings. The molecule has 1 aliphatic heterocycles. The lowest BCUT2D eigenvalue weighted by Crippen LogP contribution is -2.34. The molecule has 5 rings (SSSR count). The van der Waals surface area contributed by atoms with Crippen LogP contribution in [0.25, 0.3) is 5.52 Å². The zero-order valence-electron chi connectivity index (χ0n) is 20.7. The number of benzene rings is 1. The molecule has 0 radical (unpaired) electrons. The number of nitrogens with one attached hydrogen (secondary N) is 2. The van der Waals surface area contributed by atoms with Crippen molar-refractivity contribution >= 4 is 22.8 Å². The zero-order chi connectivity index (χ0) is 24.3. The summed E-state index contributed by atoms with van der Waals surface area (Å²) in [5.41, 5.74) is 3.80. The first-order valence-electron chi connectivity index (χ1n) is 13.0. The van der Waals surface area contributed by atoms with Gasteiger partial charge in [-0.2, -0.15) is 0 Å². The third-order valence-corrected chi connectivity index (χ3v) is 7.26. The molecule has 1 unspecified atom stereocenters. The number of ether oxygens (including phenoxy) is 2. The van der Waals surface area contributed by atoms with Gasteiger partial charge in [0.15, 0.2) is 5.79 Å². The van der Waals surface area contributed by atoms with Crippen molar-refractivity contribution in [3.63, 3.8) is 0 Å². The van der Waals surface area contributed by atoms with Crippen molar-refractivity contribution < 1.29 is 13.9 Å². The first-order valence-corrected chi connectivity index (χ1v) is 13.0. The number of hydrogen-bond donors (Lipinski definition) is 2. The number of hydrogen-bond acceptors (Lipinski definition) is 6. The molecular formula is C27H36FN5O2. The van der Waals surface area contributed by atoms with Crippen molar-refractivity contribution in [3.8, 4) is 0 Å². The lowest BCUT2D eigenvalue weighted by molar-refractivity contribution is -0.179. The average Bonchev–Trinajstić information content (AvgIpc) is 3.46. The van der Waals surface area contributed by atoms with Crippen molar-refractivity contribution in [3.05, 3.63) is 48.0 Å². The SMILES string of the molecule is CCCCCC(C)Nc1ncc2c(Nc3ccc(F)cc3)cc(C3CCC4(CC3)OCCO4)n2n1. The van der Waals surface area contributed by atoms with Gasteiger partial charge >= 0.3 is 0 Å². The Morgan fingerprint density at radius 2 is 1.89 bits per heavy atom. The van der Waals surface area contributed by atoms with E-state index in [1.807, 2.05) is 10.7 Å². The van der Waals surface area contributed by atoms with Crippen LogP contribution in [0.3, 0.4) is 0 Å². The fourth-order valence-electron chi connectivity index (χ4n) is 5.29. The van der Waals surface area contributed by atoms with E-state index in [0.29, 0.717) is 31.1 Å². The molecule has 8 heteroatoms. The highest BCUT2D eigenvalue weighted by molar-refractivity contribution is 5.78. The molecule has 188 valence electrons.